The molecule has 0 aromatic heterocycles. The van der Waals surface area contributed by atoms with Crippen molar-refractivity contribution in [2.75, 3.05) is 10.6 Å². The quantitative estimate of drug-likeness (QED) is 0.581. The van der Waals surface area contributed by atoms with E-state index in [4.69, 9.17) is 11.6 Å². The predicted octanol–water partition coefficient (Wildman–Crippen LogP) is 4.13. The lowest BCUT2D eigenvalue weighted by atomic mass is 10.1. The molecule has 0 saturated heterocycles. The monoisotopic (exact) mass is 431 g/mol. The number of hydrogen-bond acceptors (Lipinski definition) is 4. The second kappa shape index (κ2) is 7.47. The lowest BCUT2D eigenvalue weighted by Gasteiger charge is -2.28. The molecule has 0 aliphatic carbocycles. The number of amides is 1. The molecule has 3 aromatic carbocycles. The topological polar surface area (TPSA) is 87.3 Å². The Morgan fingerprint density at radius 1 is 1.03 bits per heavy atom. The number of carbonyl (C=O) groups excluding carboxylic acids is 1. The second-order valence-electron chi connectivity index (χ2n) is 6.40. The van der Waals surface area contributed by atoms with Crippen LogP contribution in [0.5, 0.6) is 0 Å². The van der Waals surface area contributed by atoms with Gasteiger partial charge in [0.25, 0.3) is 5.91 Å². The zero-order valence-electron chi connectivity index (χ0n) is 14.8. The van der Waals surface area contributed by atoms with Crippen LogP contribution in [0.4, 0.5) is 15.8 Å². The Morgan fingerprint density at radius 2 is 1.76 bits per heavy atom. The molecule has 4 rings (SSSR count). The summed E-state index contributed by atoms with van der Waals surface area (Å²) >= 11 is 5.72. The van der Waals surface area contributed by atoms with E-state index in [0.717, 1.165) is 0 Å². The maximum atomic E-state index is 13.2. The lowest BCUT2D eigenvalue weighted by molar-refractivity contribution is 0.102. The van der Waals surface area contributed by atoms with Gasteiger partial charge in [0.05, 0.1) is 10.7 Å². The Bertz CT molecular complexity index is 1200. The molecule has 148 valence electrons. The molecule has 1 heterocycles. The van der Waals surface area contributed by atoms with Gasteiger partial charge in [-0.3, -0.25) is 4.79 Å². The van der Waals surface area contributed by atoms with Gasteiger partial charge in [0.2, 0.25) is 10.0 Å². The maximum Gasteiger partial charge on any atom is 0.255 e. The van der Waals surface area contributed by atoms with E-state index in [0.29, 0.717) is 22.5 Å². The van der Waals surface area contributed by atoms with Crippen LogP contribution in [0.2, 0.25) is 5.02 Å². The van der Waals surface area contributed by atoms with Crippen molar-refractivity contribution in [3.63, 3.8) is 0 Å². The zero-order chi connectivity index (χ0) is 20.6. The zero-order valence-corrected chi connectivity index (χ0v) is 16.4. The first-order chi connectivity index (χ1) is 13.8. The average molecular weight is 432 g/mol. The van der Waals surface area contributed by atoms with Crippen LogP contribution in [0.15, 0.2) is 71.6 Å². The molecule has 6 nitrogen and oxygen atoms in total. The van der Waals surface area contributed by atoms with Gasteiger partial charge < -0.3 is 10.6 Å². The van der Waals surface area contributed by atoms with Crippen LogP contribution in [0.1, 0.15) is 22.1 Å². The van der Waals surface area contributed by atoms with Gasteiger partial charge >= 0.3 is 0 Å². The molecule has 0 spiro atoms. The molecular formula is C20H15ClFN3O3S. The van der Waals surface area contributed by atoms with Crippen LogP contribution >= 0.6 is 11.6 Å². The van der Waals surface area contributed by atoms with E-state index < -0.39 is 27.9 Å². The number of carbonyl (C=O) groups is 1. The summed E-state index contributed by atoms with van der Waals surface area (Å²) < 4.78 is 40.7. The summed E-state index contributed by atoms with van der Waals surface area (Å²) in [6.45, 7) is 0. The second-order valence-corrected chi connectivity index (χ2v) is 8.49. The third-order valence-electron chi connectivity index (χ3n) is 4.43. The van der Waals surface area contributed by atoms with E-state index in [1.807, 2.05) is 0 Å². The lowest BCUT2D eigenvalue weighted by Crippen LogP contribution is -2.38. The Labute approximate surface area is 171 Å². The number of anilines is 2. The summed E-state index contributed by atoms with van der Waals surface area (Å²) in [7, 11) is -3.65. The third-order valence-corrected chi connectivity index (χ3v) is 6.20. The number of sulfonamides is 1. The summed E-state index contributed by atoms with van der Waals surface area (Å²) in [6.07, 6.45) is -0.664. The van der Waals surface area contributed by atoms with Crippen molar-refractivity contribution in [1.82, 2.24) is 4.72 Å². The maximum absolute atomic E-state index is 13.2. The van der Waals surface area contributed by atoms with E-state index in [1.54, 1.807) is 42.5 Å². The van der Waals surface area contributed by atoms with Gasteiger partial charge in [0, 0.05) is 11.3 Å². The molecule has 0 unspecified atom stereocenters. The number of halogens is 2. The average Bonchev–Trinajstić information content (AvgIpc) is 2.70. The van der Waals surface area contributed by atoms with Gasteiger partial charge in [-0.1, -0.05) is 35.9 Å². The van der Waals surface area contributed by atoms with E-state index in [1.165, 1.54) is 24.3 Å². The van der Waals surface area contributed by atoms with Crippen molar-refractivity contribution in [3.05, 3.63) is 88.7 Å². The van der Waals surface area contributed by atoms with Crippen LogP contribution < -0.4 is 15.4 Å². The van der Waals surface area contributed by atoms with Crippen molar-refractivity contribution >= 4 is 38.9 Å². The van der Waals surface area contributed by atoms with Crippen LogP contribution in [0, 0.1) is 5.82 Å². The van der Waals surface area contributed by atoms with Gasteiger partial charge in [-0.05, 0) is 48.0 Å². The van der Waals surface area contributed by atoms with Crippen molar-refractivity contribution in [2.24, 2.45) is 0 Å². The molecule has 1 atom stereocenters. The van der Waals surface area contributed by atoms with Crippen LogP contribution in [-0.4, -0.2) is 14.3 Å². The highest BCUT2D eigenvalue weighted by Crippen LogP contribution is 2.30. The summed E-state index contributed by atoms with van der Waals surface area (Å²) in [5.74, 6) is -0.972. The van der Waals surface area contributed by atoms with Gasteiger partial charge in [-0.15, -0.1) is 0 Å². The van der Waals surface area contributed by atoms with Gasteiger partial charge in [0.15, 0.2) is 0 Å². The first-order valence-electron chi connectivity index (χ1n) is 8.58. The number of para-hydroxylation sites is 1. The molecule has 1 aliphatic rings. The van der Waals surface area contributed by atoms with Crippen LogP contribution in [0.25, 0.3) is 0 Å². The fourth-order valence-electron chi connectivity index (χ4n) is 2.98. The van der Waals surface area contributed by atoms with Crippen molar-refractivity contribution in [3.8, 4) is 0 Å². The SMILES string of the molecule is O=C(Nc1ccc(F)c(Cl)c1)c1ccc([C@@H]2Nc3ccccc3S(=O)(=O)N2)cc1. The van der Waals surface area contributed by atoms with Crippen LogP contribution in [-0.2, 0) is 10.0 Å². The Kier molecular flexibility index (Phi) is 4.99. The van der Waals surface area contributed by atoms with E-state index >= 15 is 0 Å². The number of rotatable bonds is 3. The molecule has 3 N–H and O–H groups in total. The van der Waals surface area contributed by atoms with Gasteiger partial charge in [-0.25, -0.2) is 12.8 Å². The minimum atomic E-state index is -3.65. The molecule has 3 aromatic rings. The normalized spacial score (nSPS) is 17.1. The molecule has 1 amide bonds. The van der Waals surface area contributed by atoms with Gasteiger partial charge in [0.1, 0.15) is 16.9 Å². The number of nitrogens with one attached hydrogen (secondary N) is 3. The van der Waals surface area contributed by atoms with E-state index in [2.05, 4.69) is 15.4 Å². The Morgan fingerprint density at radius 3 is 2.48 bits per heavy atom. The van der Waals surface area contributed by atoms with Gasteiger partial charge in [-0.2, -0.15) is 4.72 Å². The van der Waals surface area contributed by atoms with E-state index in [9.17, 15) is 17.6 Å². The Balaban J connectivity index is 1.52. The molecule has 1 aliphatic heterocycles. The fraction of sp³-hybridized carbons (Fsp3) is 0.0500. The van der Waals surface area contributed by atoms with Crippen molar-refractivity contribution in [2.45, 2.75) is 11.1 Å². The largest absolute Gasteiger partial charge is 0.364 e. The molecular weight excluding hydrogens is 417 g/mol. The summed E-state index contributed by atoms with van der Waals surface area (Å²) in [5, 5.41) is 5.67. The first-order valence-corrected chi connectivity index (χ1v) is 10.4. The standard InChI is InChI=1S/C20H15ClFN3O3S/c21-15-11-14(9-10-16(15)22)23-20(26)13-7-5-12(6-8-13)19-24-17-3-1-2-4-18(17)29(27,28)25-19/h1-11,19,24-25H,(H,23,26)/t19-/m1/s1. The number of hydrogen-bond donors (Lipinski definition) is 3. The van der Waals surface area contributed by atoms with Crippen molar-refractivity contribution < 1.29 is 17.6 Å². The molecule has 0 radical (unpaired) electrons. The number of fused-ring (bicyclic) bond motifs is 1. The van der Waals surface area contributed by atoms with E-state index in [-0.39, 0.29) is 9.92 Å². The third kappa shape index (κ3) is 3.95. The minimum Gasteiger partial charge on any atom is -0.364 e. The summed E-state index contributed by atoms with van der Waals surface area (Å²) in [4.78, 5) is 12.6. The summed E-state index contributed by atoms with van der Waals surface area (Å²) in [5.41, 5.74) is 1.87. The number of benzene rings is 3. The first kappa shape index (κ1) is 19.4. The highest BCUT2D eigenvalue weighted by molar-refractivity contribution is 7.89. The molecule has 29 heavy (non-hydrogen) atoms. The predicted molar refractivity (Wildman–Crippen MR) is 109 cm³/mol. The molecule has 9 heteroatoms. The molecule has 0 saturated carbocycles. The minimum absolute atomic E-state index is 0.0888. The molecule has 0 fully saturated rings. The highest BCUT2D eigenvalue weighted by Gasteiger charge is 2.29. The van der Waals surface area contributed by atoms with Crippen LogP contribution in [0.3, 0.4) is 0 Å². The fourth-order valence-corrected chi connectivity index (χ4v) is 4.47. The summed E-state index contributed by atoms with van der Waals surface area (Å²) in [6, 6.07) is 17.0. The smallest absolute Gasteiger partial charge is 0.255 e. The van der Waals surface area contributed by atoms with Crippen molar-refractivity contribution in [1.29, 1.82) is 0 Å². The molecule has 0 bridgehead atoms. The highest BCUT2D eigenvalue weighted by atomic mass is 35.5. The Hall–Kier alpha value is -2.94.